The van der Waals surface area contributed by atoms with E-state index in [2.05, 4.69) is 21.2 Å². The second-order valence-electron chi connectivity index (χ2n) is 7.95. The van der Waals surface area contributed by atoms with Crippen LogP contribution in [0.1, 0.15) is 63.8 Å². The second-order valence-corrected chi connectivity index (χ2v) is 10.4. The number of furan rings is 1. The van der Waals surface area contributed by atoms with Gasteiger partial charge in [0, 0.05) is 9.35 Å². The number of hydrogen-bond donors (Lipinski definition) is 1. The predicted molar refractivity (Wildman–Crippen MR) is 132 cm³/mol. The van der Waals surface area contributed by atoms with Crippen molar-refractivity contribution in [3.8, 4) is 5.75 Å². The van der Waals surface area contributed by atoms with Gasteiger partial charge in [0.1, 0.15) is 23.1 Å². The Bertz CT molecular complexity index is 1190. The molecule has 2 heterocycles. The summed E-state index contributed by atoms with van der Waals surface area (Å²) in [5.41, 5.74) is 1.46. The van der Waals surface area contributed by atoms with Crippen molar-refractivity contribution in [3.05, 3.63) is 67.4 Å². The maximum atomic E-state index is 12.9. The molecule has 1 aliphatic carbocycles. The average Bonchev–Trinajstić information content (AvgIpc) is 3.37. The van der Waals surface area contributed by atoms with E-state index < -0.39 is 11.9 Å². The molecule has 33 heavy (non-hydrogen) atoms. The van der Waals surface area contributed by atoms with Crippen LogP contribution in [-0.4, -0.2) is 18.0 Å². The summed E-state index contributed by atoms with van der Waals surface area (Å²) in [6, 6.07) is 8.57. The van der Waals surface area contributed by atoms with Gasteiger partial charge in [-0.3, -0.25) is 4.79 Å². The number of esters is 1. The monoisotopic (exact) mass is 551 g/mol. The number of anilines is 1. The maximum Gasteiger partial charge on any atom is 0.341 e. The van der Waals surface area contributed by atoms with Crippen LogP contribution in [-0.2, 0) is 24.2 Å². The highest BCUT2D eigenvalue weighted by Crippen LogP contribution is 2.39. The van der Waals surface area contributed by atoms with Crippen LogP contribution >= 0.6 is 38.9 Å². The molecule has 0 atom stereocenters. The number of nitrogens with one attached hydrogen (secondary N) is 1. The summed E-state index contributed by atoms with van der Waals surface area (Å²) in [5.74, 6) is 0.286. The first kappa shape index (κ1) is 23.9. The molecule has 0 saturated carbocycles. The van der Waals surface area contributed by atoms with Gasteiger partial charge in [-0.05, 0) is 75.4 Å². The average molecular weight is 553 g/mol. The number of halogens is 2. The molecule has 0 spiro atoms. The third kappa shape index (κ3) is 5.62. The molecular weight excluding hydrogens is 530 g/mol. The van der Waals surface area contributed by atoms with E-state index in [0.29, 0.717) is 27.1 Å². The molecule has 174 valence electrons. The predicted octanol–water partition coefficient (Wildman–Crippen LogP) is 7.03. The third-order valence-electron chi connectivity index (χ3n) is 5.09. The van der Waals surface area contributed by atoms with Crippen molar-refractivity contribution in [2.75, 3.05) is 5.32 Å². The summed E-state index contributed by atoms with van der Waals surface area (Å²) in [6.07, 6.45) is 3.56. The fourth-order valence-electron chi connectivity index (χ4n) is 3.63. The van der Waals surface area contributed by atoms with Gasteiger partial charge in [-0.2, -0.15) is 0 Å². The topological polar surface area (TPSA) is 77.8 Å². The molecule has 0 aliphatic heterocycles. The molecule has 3 aromatic rings. The van der Waals surface area contributed by atoms with Crippen LogP contribution in [0.15, 0.2) is 39.2 Å². The smallest absolute Gasteiger partial charge is 0.341 e. The first-order chi connectivity index (χ1) is 15.8. The van der Waals surface area contributed by atoms with E-state index >= 15 is 0 Å². The van der Waals surface area contributed by atoms with Crippen molar-refractivity contribution < 1.29 is 23.5 Å². The molecule has 2 aromatic heterocycles. The summed E-state index contributed by atoms with van der Waals surface area (Å²) < 4.78 is 17.7. The van der Waals surface area contributed by atoms with E-state index in [1.165, 1.54) is 11.3 Å². The Morgan fingerprint density at radius 2 is 2.00 bits per heavy atom. The number of carbonyl (C=O) groups is 2. The molecule has 1 N–H and O–H groups in total. The van der Waals surface area contributed by atoms with Crippen molar-refractivity contribution in [1.29, 1.82) is 0 Å². The van der Waals surface area contributed by atoms with Gasteiger partial charge >= 0.3 is 5.97 Å². The lowest BCUT2D eigenvalue weighted by Gasteiger charge is -2.14. The number of amides is 1. The molecule has 1 aromatic carbocycles. The van der Waals surface area contributed by atoms with Crippen molar-refractivity contribution in [2.45, 2.75) is 52.2 Å². The lowest BCUT2D eigenvalue weighted by atomic mass is 9.95. The van der Waals surface area contributed by atoms with Gasteiger partial charge in [-0.25, -0.2) is 4.79 Å². The zero-order chi connectivity index (χ0) is 23.5. The first-order valence-corrected chi connectivity index (χ1v) is 12.6. The number of aryl methyl sites for hydroxylation is 1. The number of benzene rings is 1. The number of ether oxygens (including phenoxy) is 2. The fraction of sp³-hybridized carbons (Fsp3) is 0.333. The Morgan fingerprint density at radius 1 is 1.21 bits per heavy atom. The van der Waals surface area contributed by atoms with Crippen molar-refractivity contribution in [1.82, 2.24) is 0 Å². The largest absolute Gasteiger partial charge is 0.484 e. The standard InChI is InChI=1S/C24H23BrClNO5S/c1-13(2)31-24(29)21-16-5-3-4-6-20(16)33-23(21)27-22(28)19-10-8-15(32-19)12-30-18-9-7-14(25)11-17(18)26/h7-11,13H,3-6,12H2,1-2H3,(H,27,28). The SMILES string of the molecule is CC(C)OC(=O)c1c(NC(=O)c2ccc(COc3ccc(Br)cc3Cl)o2)sc2c1CCCC2. The molecular formula is C24H23BrClNO5S. The van der Waals surface area contributed by atoms with Gasteiger partial charge < -0.3 is 19.2 Å². The van der Waals surface area contributed by atoms with Gasteiger partial charge in [0.2, 0.25) is 0 Å². The summed E-state index contributed by atoms with van der Waals surface area (Å²) in [7, 11) is 0. The molecule has 0 bridgehead atoms. The van der Waals surface area contributed by atoms with Gasteiger partial charge in [0.15, 0.2) is 5.76 Å². The van der Waals surface area contributed by atoms with Crippen LogP contribution in [0.3, 0.4) is 0 Å². The number of fused-ring (bicyclic) bond motifs is 1. The highest BCUT2D eigenvalue weighted by molar-refractivity contribution is 9.10. The molecule has 0 saturated heterocycles. The number of rotatable bonds is 7. The minimum absolute atomic E-state index is 0.119. The van der Waals surface area contributed by atoms with Crippen LogP contribution in [0.5, 0.6) is 5.75 Å². The number of hydrogen-bond acceptors (Lipinski definition) is 6. The highest BCUT2D eigenvalue weighted by Gasteiger charge is 2.28. The molecule has 1 aliphatic rings. The van der Waals surface area contributed by atoms with Crippen LogP contribution in [0.4, 0.5) is 5.00 Å². The van der Waals surface area contributed by atoms with E-state index in [1.54, 1.807) is 24.3 Å². The second kappa shape index (κ2) is 10.3. The summed E-state index contributed by atoms with van der Waals surface area (Å²) in [6.45, 7) is 3.74. The van der Waals surface area contributed by atoms with E-state index in [4.69, 9.17) is 25.5 Å². The molecule has 1 amide bonds. The van der Waals surface area contributed by atoms with Crippen LogP contribution in [0, 0.1) is 0 Å². The Labute approximate surface area is 209 Å². The fourth-order valence-corrected chi connectivity index (χ4v) is 5.63. The molecule has 0 unspecified atom stereocenters. The molecule has 4 rings (SSSR count). The normalized spacial score (nSPS) is 13.0. The summed E-state index contributed by atoms with van der Waals surface area (Å²) in [4.78, 5) is 26.8. The third-order valence-corrected chi connectivity index (χ3v) is 7.09. The summed E-state index contributed by atoms with van der Waals surface area (Å²) in [5, 5.41) is 3.84. The zero-order valence-electron chi connectivity index (χ0n) is 18.2. The van der Waals surface area contributed by atoms with Crippen molar-refractivity contribution in [2.24, 2.45) is 0 Å². The lowest BCUT2D eigenvalue weighted by Crippen LogP contribution is -2.17. The number of thiophene rings is 1. The van der Waals surface area contributed by atoms with Gasteiger partial charge in [-0.1, -0.05) is 27.5 Å². The van der Waals surface area contributed by atoms with Crippen LogP contribution in [0.25, 0.3) is 0 Å². The highest BCUT2D eigenvalue weighted by atomic mass is 79.9. The van der Waals surface area contributed by atoms with E-state index in [-0.39, 0.29) is 18.5 Å². The van der Waals surface area contributed by atoms with Crippen molar-refractivity contribution in [3.63, 3.8) is 0 Å². The van der Waals surface area contributed by atoms with Crippen LogP contribution in [0.2, 0.25) is 5.02 Å². The van der Waals surface area contributed by atoms with Crippen molar-refractivity contribution >= 4 is 55.7 Å². The molecule has 0 radical (unpaired) electrons. The molecule has 0 fully saturated rings. The van der Waals surface area contributed by atoms with E-state index in [9.17, 15) is 9.59 Å². The molecule has 6 nitrogen and oxygen atoms in total. The van der Waals surface area contributed by atoms with Gasteiger partial charge in [0.25, 0.3) is 5.91 Å². The van der Waals surface area contributed by atoms with Gasteiger partial charge in [0.05, 0.1) is 16.7 Å². The van der Waals surface area contributed by atoms with Crippen LogP contribution < -0.4 is 10.1 Å². The first-order valence-electron chi connectivity index (χ1n) is 10.6. The van der Waals surface area contributed by atoms with E-state index in [0.717, 1.165) is 40.6 Å². The quantitative estimate of drug-likeness (QED) is 0.318. The van der Waals surface area contributed by atoms with E-state index in [1.807, 2.05) is 19.9 Å². The minimum atomic E-state index is -0.430. The number of carbonyl (C=O) groups excluding carboxylic acids is 2. The minimum Gasteiger partial charge on any atom is -0.484 e. The Morgan fingerprint density at radius 3 is 2.76 bits per heavy atom. The summed E-state index contributed by atoms with van der Waals surface area (Å²) >= 11 is 11.0. The lowest BCUT2D eigenvalue weighted by molar-refractivity contribution is 0.0378. The Balaban J connectivity index is 1.48. The molecule has 9 heteroatoms. The zero-order valence-corrected chi connectivity index (χ0v) is 21.4. The Kier molecular flexibility index (Phi) is 7.46. The maximum absolute atomic E-state index is 12.9. The van der Waals surface area contributed by atoms with Gasteiger partial charge in [-0.15, -0.1) is 11.3 Å². The Hall–Kier alpha value is -2.29.